The summed E-state index contributed by atoms with van der Waals surface area (Å²) in [6.45, 7) is -0.376. The first-order valence-electron chi connectivity index (χ1n) is 5.93. The van der Waals surface area contributed by atoms with Gasteiger partial charge in [-0.05, 0) is 12.8 Å². The number of hydrogen-bond acceptors (Lipinski definition) is 4. The van der Waals surface area contributed by atoms with Crippen LogP contribution in [0.5, 0.6) is 0 Å². The van der Waals surface area contributed by atoms with Gasteiger partial charge in [-0.25, -0.2) is 0 Å². The number of aliphatic hydroxyl groups excluding tert-OH is 1. The predicted molar refractivity (Wildman–Crippen MR) is 61.3 cm³/mol. The van der Waals surface area contributed by atoms with Crippen LogP contribution in [0.15, 0.2) is 0 Å². The topological polar surface area (TPSA) is 104 Å². The predicted octanol–water partition coefficient (Wildman–Crippen LogP) is -0.448. The van der Waals surface area contributed by atoms with E-state index >= 15 is 0 Å². The van der Waals surface area contributed by atoms with Gasteiger partial charge in [0, 0.05) is 6.04 Å². The number of aliphatic carboxylic acids is 1. The van der Waals surface area contributed by atoms with Crippen molar-refractivity contribution in [3.05, 3.63) is 0 Å². The molecule has 1 saturated carbocycles. The minimum atomic E-state index is -1.01. The number of carboxylic acid groups (broad SMARTS) is 1. The fraction of sp³-hybridized carbons (Fsp3) is 0.818. The molecule has 0 bridgehead atoms. The zero-order valence-corrected chi connectivity index (χ0v) is 9.84. The summed E-state index contributed by atoms with van der Waals surface area (Å²) in [5.41, 5.74) is 5.11. The molecule has 1 rings (SSSR count). The van der Waals surface area contributed by atoms with E-state index in [9.17, 15) is 14.7 Å². The van der Waals surface area contributed by atoms with E-state index in [0.717, 1.165) is 19.3 Å². The molecule has 0 spiro atoms. The number of carboxylic acids is 1. The van der Waals surface area contributed by atoms with Crippen LogP contribution in [0.25, 0.3) is 0 Å². The largest absolute Gasteiger partial charge is 0.480 e. The molecule has 98 valence electrons. The zero-order valence-electron chi connectivity index (χ0n) is 9.84. The van der Waals surface area contributed by atoms with E-state index in [1.165, 1.54) is 4.90 Å². The maximum atomic E-state index is 10.9. The van der Waals surface area contributed by atoms with Crippen molar-refractivity contribution in [2.24, 2.45) is 5.73 Å². The number of carbonyl (C=O) groups is 2. The summed E-state index contributed by atoms with van der Waals surface area (Å²) in [5.74, 6) is -1.58. The molecule has 4 N–H and O–H groups in total. The average molecular weight is 244 g/mol. The van der Waals surface area contributed by atoms with Gasteiger partial charge in [-0.3, -0.25) is 14.5 Å². The summed E-state index contributed by atoms with van der Waals surface area (Å²) < 4.78 is 0. The van der Waals surface area contributed by atoms with E-state index < -0.39 is 18.0 Å². The second kappa shape index (κ2) is 6.56. The second-order valence-electron chi connectivity index (χ2n) is 4.54. The van der Waals surface area contributed by atoms with Crippen molar-refractivity contribution < 1.29 is 19.8 Å². The molecule has 17 heavy (non-hydrogen) atoms. The molecule has 6 nitrogen and oxygen atoms in total. The Labute approximate surface area is 100 Å². The average Bonchev–Trinajstić information content (AvgIpc) is 2.40. The van der Waals surface area contributed by atoms with Gasteiger partial charge in [-0.1, -0.05) is 19.3 Å². The van der Waals surface area contributed by atoms with E-state index in [2.05, 4.69) is 0 Å². The molecule has 0 saturated heterocycles. The molecule has 6 heteroatoms. The molecule has 0 heterocycles. The van der Waals surface area contributed by atoms with Crippen molar-refractivity contribution in [2.75, 3.05) is 13.1 Å². The van der Waals surface area contributed by atoms with Crippen LogP contribution in [-0.4, -0.2) is 52.2 Å². The van der Waals surface area contributed by atoms with Gasteiger partial charge in [0.25, 0.3) is 0 Å². The van der Waals surface area contributed by atoms with E-state index in [1.54, 1.807) is 0 Å². The van der Waals surface area contributed by atoms with Crippen molar-refractivity contribution >= 4 is 11.9 Å². The maximum absolute atomic E-state index is 10.9. The van der Waals surface area contributed by atoms with Crippen LogP contribution in [0.3, 0.4) is 0 Å². The number of hydrogen-bond donors (Lipinski definition) is 3. The molecule has 1 aliphatic carbocycles. The van der Waals surface area contributed by atoms with Gasteiger partial charge in [-0.15, -0.1) is 0 Å². The Hall–Kier alpha value is -1.14. The van der Waals surface area contributed by atoms with Crippen molar-refractivity contribution in [3.63, 3.8) is 0 Å². The number of aliphatic hydroxyl groups is 1. The third-order valence-corrected chi connectivity index (χ3v) is 3.11. The Kier molecular flexibility index (Phi) is 5.37. The molecule has 0 aromatic heterocycles. The summed E-state index contributed by atoms with van der Waals surface area (Å²) in [6.07, 6.45) is 3.70. The number of amides is 1. The monoisotopic (exact) mass is 244 g/mol. The van der Waals surface area contributed by atoms with Gasteiger partial charge in [0.05, 0.1) is 19.2 Å². The van der Waals surface area contributed by atoms with Crippen LogP contribution in [0.4, 0.5) is 0 Å². The number of nitrogens with two attached hydrogens (primary N) is 1. The minimum Gasteiger partial charge on any atom is -0.480 e. The Balaban J connectivity index is 2.70. The van der Waals surface area contributed by atoms with E-state index in [0.29, 0.717) is 12.8 Å². The lowest BCUT2D eigenvalue weighted by molar-refractivity contribution is -0.140. The highest BCUT2D eigenvalue weighted by Crippen LogP contribution is 2.22. The molecule has 0 aromatic carbocycles. The van der Waals surface area contributed by atoms with Crippen molar-refractivity contribution in [2.45, 2.75) is 44.2 Å². The first-order valence-corrected chi connectivity index (χ1v) is 5.93. The summed E-state index contributed by atoms with van der Waals surface area (Å²) >= 11 is 0. The smallest absolute Gasteiger partial charge is 0.317 e. The summed E-state index contributed by atoms with van der Waals surface area (Å²) in [7, 11) is 0. The fourth-order valence-electron chi connectivity index (χ4n) is 2.36. The van der Waals surface area contributed by atoms with Gasteiger partial charge < -0.3 is 15.9 Å². The molecule has 1 amide bonds. The van der Waals surface area contributed by atoms with Crippen LogP contribution in [0, 0.1) is 0 Å². The number of rotatable bonds is 5. The normalized spacial score (nSPS) is 25.5. The Morgan fingerprint density at radius 3 is 2.41 bits per heavy atom. The van der Waals surface area contributed by atoms with Crippen LogP contribution in [0.1, 0.15) is 32.1 Å². The van der Waals surface area contributed by atoms with Crippen LogP contribution in [-0.2, 0) is 9.59 Å². The minimum absolute atomic E-state index is 0.117. The van der Waals surface area contributed by atoms with Gasteiger partial charge in [0.15, 0.2) is 0 Å². The Morgan fingerprint density at radius 1 is 1.18 bits per heavy atom. The lowest BCUT2D eigenvalue weighted by atomic mass is 10.0. The third-order valence-electron chi connectivity index (χ3n) is 3.11. The first kappa shape index (κ1) is 13.9. The molecule has 1 aliphatic rings. The molecule has 2 atom stereocenters. The van der Waals surface area contributed by atoms with Gasteiger partial charge >= 0.3 is 5.97 Å². The summed E-state index contributed by atoms with van der Waals surface area (Å²) in [5, 5.41) is 18.8. The molecule has 2 unspecified atom stereocenters. The Morgan fingerprint density at radius 2 is 1.82 bits per heavy atom. The maximum Gasteiger partial charge on any atom is 0.317 e. The second-order valence-corrected chi connectivity index (χ2v) is 4.54. The standard InChI is InChI=1S/C11H20N2O4/c12-10(15)6-13(7-11(16)17)8-4-2-1-3-5-9(8)14/h8-9,14H,1-7H2,(H2,12,15)(H,16,17). The molecule has 0 aromatic rings. The van der Waals surface area contributed by atoms with Crippen LogP contribution in [0.2, 0.25) is 0 Å². The lowest BCUT2D eigenvalue weighted by Gasteiger charge is -2.31. The summed E-state index contributed by atoms with van der Waals surface area (Å²) in [6, 6.07) is -0.277. The molecule has 0 aliphatic heterocycles. The van der Waals surface area contributed by atoms with E-state index in [-0.39, 0.29) is 19.1 Å². The van der Waals surface area contributed by atoms with E-state index in [1.807, 2.05) is 0 Å². The van der Waals surface area contributed by atoms with Gasteiger partial charge in [0.2, 0.25) is 5.91 Å². The fourth-order valence-corrected chi connectivity index (χ4v) is 2.36. The van der Waals surface area contributed by atoms with Crippen molar-refractivity contribution in [3.8, 4) is 0 Å². The van der Waals surface area contributed by atoms with Crippen molar-refractivity contribution in [1.29, 1.82) is 0 Å². The Bertz CT molecular complexity index is 267. The van der Waals surface area contributed by atoms with E-state index in [4.69, 9.17) is 10.8 Å². The molecular formula is C11H20N2O4. The first-order chi connectivity index (χ1) is 8.00. The zero-order chi connectivity index (χ0) is 12.8. The number of primary amides is 1. The quantitative estimate of drug-likeness (QED) is 0.568. The van der Waals surface area contributed by atoms with Gasteiger partial charge in [-0.2, -0.15) is 0 Å². The highest BCUT2D eigenvalue weighted by Gasteiger charge is 2.29. The SMILES string of the molecule is NC(=O)CN(CC(=O)O)C1CCCCCC1O. The number of carbonyl (C=O) groups excluding carboxylic acids is 1. The summed E-state index contributed by atoms with van der Waals surface area (Å²) in [4.78, 5) is 23.2. The van der Waals surface area contributed by atoms with Gasteiger partial charge in [0.1, 0.15) is 0 Å². The van der Waals surface area contributed by atoms with Crippen LogP contribution >= 0.6 is 0 Å². The van der Waals surface area contributed by atoms with Crippen LogP contribution < -0.4 is 5.73 Å². The molecular weight excluding hydrogens is 224 g/mol. The number of nitrogens with zero attached hydrogens (tertiary/aromatic N) is 1. The molecule has 1 fully saturated rings. The third kappa shape index (κ3) is 4.70. The highest BCUT2D eigenvalue weighted by atomic mass is 16.4. The lowest BCUT2D eigenvalue weighted by Crippen LogP contribution is -2.49. The highest BCUT2D eigenvalue weighted by molar-refractivity contribution is 5.77. The van der Waals surface area contributed by atoms with Crippen molar-refractivity contribution in [1.82, 2.24) is 4.90 Å². The molecule has 0 radical (unpaired) electrons.